The Morgan fingerprint density at radius 1 is 1.53 bits per heavy atom. The first-order valence-corrected chi connectivity index (χ1v) is 5.79. The second-order valence-corrected chi connectivity index (χ2v) is 5.33. The fourth-order valence-electron chi connectivity index (χ4n) is 2.39. The highest BCUT2D eigenvalue weighted by atomic mass is 19.1. The highest BCUT2D eigenvalue weighted by molar-refractivity contribution is 5.32. The largest absolute Gasteiger partial charge is 0.497 e. The lowest BCUT2D eigenvalue weighted by molar-refractivity contribution is 0.397. The third-order valence-electron chi connectivity index (χ3n) is 3.71. The Labute approximate surface area is 101 Å². The number of rotatable bonds is 4. The molecular weight excluding hydrogens is 219 g/mol. The highest BCUT2D eigenvalue weighted by Crippen LogP contribution is 2.57. The predicted octanol–water partition coefficient (Wildman–Crippen LogP) is 2.38. The van der Waals surface area contributed by atoms with Crippen LogP contribution >= 0.6 is 0 Å². The van der Waals surface area contributed by atoms with E-state index in [0.717, 1.165) is 6.42 Å². The molecule has 1 aliphatic rings. The van der Waals surface area contributed by atoms with Gasteiger partial charge < -0.3 is 4.74 Å². The van der Waals surface area contributed by atoms with E-state index < -0.39 is 0 Å². The Balaban J connectivity index is 2.26. The van der Waals surface area contributed by atoms with Gasteiger partial charge >= 0.3 is 0 Å². The van der Waals surface area contributed by atoms with Crippen molar-refractivity contribution in [2.75, 3.05) is 7.11 Å². The lowest BCUT2D eigenvalue weighted by Gasteiger charge is -2.19. The van der Waals surface area contributed by atoms with Gasteiger partial charge in [-0.15, -0.1) is 0 Å². The monoisotopic (exact) mass is 238 g/mol. The molecule has 0 aromatic heterocycles. The van der Waals surface area contributed by atoms with Gasteiger partial charge in [-0.3, -0.25) is 11.3 Å². The number of halogens is 1. The van der Waals surface area contributed by atoms with Gasteiger partial charge in [0, 0.05) is 11.6 Å². The van der Waals surface area contributed by atoms with Gasteiger partial charge in [0.15, 0.2) is 0 Å². The Morgan fingerprint density at radius 2 is 2.18 bits per heavy atom. The van der Waals surface area contributed by atoms with Crippen LogP contribution in [0.3, 0.4) is 0 Å². The van der Waals surface area contributed by atoms with Crippen molar-refractivity contribution in [3.8, 4) is 5.75 Å². The van der Waals surface area contributed by atoms with Gasteiger partial charge in [-0.05, 0) is 23.8 Å². The summed E-state index contributed by atoms with van der Waals surface area (Å²) in [7, 11) is 1.52. The number of ether oxygens (including phenoxy) is 1. The van der Waals surface area contributed by atoms with E-state index in [2.05, 4.69) is 19.3 Å². The van der Waals surface area contributed by atoms with Crippen molar-refractivity contribution < 1.29 is 9.13 Å². The van der Waals surface area contributed by atoms with Gasteiger partial charge in [-0.2, -0.15) is 0 Å². The minimum Gasteiger partial charge on any atom is -0.497 e. The number of nitrogens with one attached hydrogen (secondary N) is 1. The quantitative estimate of drug-likeness (QED) is 0.625. The average molecular weight is 238 g/mol. The first-order valence-electron chi connectivity index (χ1n) is 5.79. The van der Waals surface area contributed by atoms with Crippen LogP contribution in [0.4, 0.5) is 4.39 Å². The van der Waals surface area contributed by atoms with Crippen molar-refractivity contribution in [2.24, 2.45) is 17.2 Å². The smallest absolute Gasteiger partial charge is 0.131 e. The van der Waals surface area contributed by atoms with Gasteiger partial charge in [-0.1, -0.05) is 19.9 Å². The van der Waals surface area contributed by atoms with E-state index in [1.54, 1.807) is 12.1 Å². The fourth-order valence-corrected chi connectivity index (χ4v) is 2.39. The van der Waals surface area contributed by atoms with E-state index >= 15 is 0 Å². The van der Waals surface area contributed by atoms with Gasteiger partial charge in [0.25, 0.3) is 0 Å². The second-order valence-electron chi connectivity index (χ2n) is 5.33. The summed E-state index contributed by atoms with van der Waals surface area (Å²) in [5, 5.41) is 0. The maximum absolute atomic E-state index is 13.9. The maximum Gasteiger partial charge on any atom is 0.131 e. The molecule has 0 spiro atoms. The Kier molecular flexibility index (Phi) is 3.10. The van der Waals surface area contributed by atoms with E-state index in [-0.39, 0.29) is 17.3 Å². The minimum atomic E-state index is -0.269. The normalized spacial score (nSPS) is 23.2. The SMILES string of the molecule is COc1ccc(C(NN)C2CC2(C)C)c(F)c1. The lowest BCUT2D eigenvalue weighted by atomic mass is 9.97. The first kappa shape index (κ1) is 12.3. The van der Waals surface area contributed by atoms with Crippen LogP contribution in [-0.4, -0.2) is 7.11 Å². The van der Waals surface area contributed by atoms with Crippen LogP contribution < -0.4 is 16.0 Å². The van der Waals surface area contributed by atoms with Crippen LogP contribution in [0, 0.1) is 17.2 Å². The lowest BCUT2D eigenvalue weighted by Crippen LogP contribution is -2.31. The first-order chi connectivity index (χ1) is 7.99. The number of benzene rings is 1. The molecule has 1 fully saturated rings. The summed E-state index contributed by atoms with van der Waals surface area (Å²) >= 11 is 0. The summed E-state index contributed by atoms with van der Waals surface area (Å²) in [5.74, 6) is 6.20. The molecule has 2 unspecified atom stereocenters. The standard InChI is InChI=1S/C13H19FN2O/c1-13(2)7-10(13)12(16-15)9-5-4-8(17-3)6-11(9)14/h4-6,10,12,16H,7,15H2,1-3H3. The van der Waals surface area contributed by atoms with Crippen LogP contribution in [0.15, 0.2) is 18.2 Å². The third-order valence-corrected chi connectivity index (χ3v) is 3.71. The molecule has 2 rings (SSSR count). The van der Waals surface area contributed by atoms with E-state index in [1.807, 2.05) is 0 Å². The van der Waals surface area contributed by atoms with Gasteiger partial charge in [-0.25, -0.2) is 4.39 Å². The molecule has 0 radical (unpaired) electrons. The summed E-state index contributed by atoms with van der Waals surface area (Å²) in [6.45, 7) is 4.34. The van der Waals surface area contributed by atoms with Crippen LogP contribution in [0.5, 0.6) is 5.75 Å². The molecule has 0 saturated heterocycles. The van der Waals surface area contributed by atoms with Crippen LogP contribution in [0.2, 0.25) is 0 Å². The van der Waals surface area contributed by atoms with Crippen molar-refractivity contribution in [3.05, 3.63) is 29.6 Å². The molecular formula is C13H19FN2O. The summed E-state index contributed by atoms with van der Waals surface area (Å²) in [6.07, 6.45) is 1.06. The Morgan fingerprint density at radius 3 is 2.59 bits per heavy atom. The van der Waals surface area contributed by atoms with E-state index in [1.165, 1.54) is 13.2 Å². The molecule has 3 N–H and O–H groups in total. The zero-order valence-electron chi connectivity index (χ0n) is 10.5. The minimum absolute atomic E-state index is 0.129. The molecule has 0 bridgehead atoms. The fraction of sp³-hybridized carbons (Fsp3) is 0.538. The van der Waals surface area contributed by atoms with Crippen LogP contribution in [0.1, 0.15) is 31.9 Å². The van der Waals surface area contributed by atoms with E-state index in [9.17, 15) is 4.39 Å². The zero-order valence-corrected chi connectivity index (χ0v) is 10.5. The maximum atomic E-state index is 13.9. The predicted molar refractivity (Wildman–Crippen MR) is 64.9 cm³/mol. The molecule has 0 amide bonds. The number of hydrogen-bond donors (Lipinski definition) is 2. The molecule has 0 heterocycles. The van der Waals surface area contributed by atoms with Crippen molar-refractivity contribution in [1.82, 2.24) is 5.43 Å². The molecule has 94 valence electrons. The van der Waals surface area contributed by atoms with E-state index in [4.69, 9.17) is 10.6 Å². The molecule has 3 nitrogen and oxygen atoms in total. The van der Waals surface area contributed by atoms with Gasteiger partial charge in [0.1, 0.15) is 11.6 Å². The molecule has 1 aromatic rings. The highest BCUT2D eigenvalue weighted by Gasteiger charge is 2.50. The topological polar surface area (TPSA) is 47.3 Å². The van der Waals surface area contributed by atoms with E-state index in [0.29, 0.717) is 17.2 Å². The number of nitrogens with two attached hydrogens (primary N) is 1. The summed E-state index contributed by atoms with van der Waals surface area (Å²) in [4.78, 5) is 0. The summed E-state index contributed by atoms with van der Waals surface area (Å²) in [6, 6.07) is 4.77. The number of hydrogen-bond acceptors (Lipinski definition) is 3. The third kappa shape index (κ3) is 2.28. The molecule has 1 aromatic carbocycles. The molecule has 1 aliphatic carbocycles. The number of methoxy groups -OCH3 is 1. The van der Waals surface area contributed by atoms with Crippen molar-refractivity contribution >= 4 is 0 Å². The van der Waals surface area contributed by atoms with Crippen molar-refractivity contribution in [2.45, 2.75) is 26.3 Å². The Bertz CT molecular complexity index is 420. The Hall–Kier alpha value is -1.13. The summed E-state index contributed by atoms with van der Waals surface area (Å²) < 4.78 is 18.9. The van der Waals surface area contributed by atoms with Crippen LogP contribution in [0.25, 0.3) is 0 Å². The molecule has 2 atom stereocenters. The molecule has 0 aliphatic heterocycles. The molecule has 17 heavy (non-hydrogen) atoms. The van der Waals surface area contributed by atoms with Crippen molar-refractivity contribution in [1.29, 1.82) is 0 Å². The zero-order chi connectivity index (χ0) is 12.6. The van der Waals surface area contributed by atoms with Crippen molar-refractivity contribution in [3.63, 3.8) is 0 Å². The van der Waals surface area contributed by atoms with Gasteiger partial charge in [0.2, 0.25) is 0 Å². The van der Waals surface area contributed by atoms with Gasteiger partial charge in [0.05, 0.1) is 13.2 Å². The number of hydrazine groups is 1. The van der Waals surface area contributed by atoms with Crippen LogP contribution in [-0.2, 0) is 0 Å². The summed E-state index contributed by atoms with van der Waals surface area (Å²) in [5.41, 5.74) is 3.59. The second kappa shape index (κ2) is 4.27. The average Bonchev–Trinajstić information content (AvgIpc) is 2.91. The molecule has 4 heteroatoms. The molecule has 1 saturated carbocycles.